The van der Waals surface area contributed by atoms with E-state index in [4.69, 9.17) is 9.47 Å². The van der Waals surface area contributed by atoms with E-state index in [9.17, 15) is 9.90 Å². The minimum absolute atomic E-state index is 0.0265. The number of amides is 1. The van der Waals surface area contributed by atoms with E-state index in [1.807, 2.05) is 30.3 Å². The highest BCUT2D eigenvalue weighted by atomic mass is 16.6. The Kier molecular flexibility index (Phi) is 4.76. The lowest BCUT2D eigenvalue weighted by Gasteiger charge is -2.21. The Hall–Kier alpha value is -1.59. The van der Waals surface area contributed by atoms with Gasteiger partial charge in [0.15, 0.2) is 0 Å². The number of hydrogen-bond donors (Lipinski definition) is 1. The summed E-state index contributed by atoms with van der Waals surface area (Å²) >= 11 is 0. The Bertz CT molecular complexity index is 409. The fourth-order valence-corrected chi connectivity index (χ4v) is 2.24. The summed E-state index contributed by atoms with van der Waals surface area (Å²) in [6.07, 6.45) is 0.219. The Labute approximate surface area is 112 Å². The number of rotatable bonds is 4. The van der Waals surface area contributed by atoms with Crippen LogP contribution in [0, 0.1) is 0 Å². The third-order valence-electron chi connectivity index (χ3n) is 3.36. The smallest absolute Gasteiger partial charge is 0.410 e. The molecular weight excluding hydrogens is 246 g/mol. The first-order valence-electron chi connectivity index (χ1n) is 6.35. The highest BCUT2D eigenvalue weighted by Crippen LogP contribution is 2.20. The number of hydrogen-bond acceptors (Lipinski definition) is 4. The summed E-state index contributed by atoms with van der Waals surface area (Å²) in [6.45, 7) is 0.640. The zero-order chi connectivity index (χ0) is 13.7. The van der Waals surface area contributed by atoms with Gasteiger partial charge < -0.3 is 19.5 Å². The summed E-state index contributed by atoms with van der Waals surface area (Å²) in [7, 11) is 1.61. The molecule has 1 aliphatic heterocycles. The van der Waals surface area contributed by atoms with Crippen molar-refractivity contribution < 1.29 is 19.4 Å². The maximum atomic E-state index is 12.0. The maximum absolute atomic E-state index is 12.0. The molecule has 0 saturated carbocycles. The lowest BCUT2D eigenvalue weighted by atomic mass is 10.2. The zero-order valence-corrected chi connectivity index (χ0v) is 11.0. The molecule has 0 radical (unpaired) electrons. The molecule has 5 heteroatoms. The number of carbonyl (C=O) groups excluding carboxylic acids is 1. The number of benzene rings is 1. The van der Waals surface area contributed by atoms with Crippen molar-refractivity contribution in [3.63, 3.8) is 0 Å². The summed E-state index contributed by atoms with van der Waals surface area (Å²) in [5.74, 6) is 0. The molecule has 1 N–H and O–H groups in total. The molecule has 104 valence electrons. The van der Waals surface area contributed by atoms with Crippen molar-refractivity contribution in [3.8, 4) is 0 Å². The molecule has 2 unspecified atom stereocenters. The van der Waals surface area contributed by atoms with Crippen LogP contribution in [-0.2, 0) is 16.1 Å². The Morgan fingerprint density at radius 2 is 2.16 bits per heavy atom. The number of carbonyl (C=O) groups is 1. The highest BCUT2D eigenvalue weighted by Gasteiger charge is 2.35. The zero-order valence-electron chi connectivity index (χ0n) is 11.0. The molecule has 0 aromatic heterocycles. The van der Waals surface area contributed by atoms with E-state index in [0.717, 1.165) is 5.56 Å². The molecule has 1 aliphatic rings. The second-order valence-electron chi connectivity index (χ2n) is 4.62. The number of aliphatic hydroxyl groups is 1. The molecule has 1 amide bonds. The van der Waals surface area contributed by atoms with E-state index in [1.54, 1.807) is 7.11 Å². The molecule has 1 fully saturated rings. The Morgan fingerprint density at radius 3 is 2.79 bits per heavy atom. The third-order valence-corrected chi connectivity index (χ3v) is 3.36. The molecule has 0 spiro atoms. The minimum atomic E-state index is -0.401. The molecule has 5 nitrogen and oxygen atoms in total. The number of aliphatic hydroxyl groups excluding tert-OH is 1. The average molecular weight is 265 g/mol. The van der Waals surface area contributed by atoms with Crippen LogP contribution in [0.4, 0.5) is 4.79 Å². The summed E-state index contributed by atoms with van der Waals surface area (Å²) in [5, 5.41) is 9.28. The van der Waals surface area contributed by atoms with E-state index in [2.05, 4.69) is 0 Å². The van der Waals surface area contributed by atoms with Gasteiger partial charge in [0, 0.05) is 7.11 Å². The standard InChI is InChI=1S/C14H19NO4/c1-18-13-7-12(9-16)15(8-13)14(17)19-10-11-5-3-2-4-6-11/h2-6,12-13,16H,7-10H2,1H3. The van der Waals surface area contributed by atoms with Gasteiger partial charge in [-0.3, -0.25) is 0 Å². The first-order valence-corrected chi connectivity index (χ1v) is 6.35. The van der Waals surface area contributed by atoms with Gasteiger partial charge in [-0.2, -0.15) is 0 Å². The summed E-state index contributed by atoms with van der Waals surface area (Å²) in [5.41, 5.74) is 0.943. The van der Waals surface area contributed by atoms with Crippen LogP contribution in [0.5, 0.6) is 0 Å². The summed E-state index contributed by atoms with van der Waals surface area (Å²) < 4.78 is 10.5. The van der Waals surface area contributed by atoms with Crippen LogP contribution in [0.2, 0.25) is 0 Å². The van der Waals surface area contributed by atoms with Crippen LogP contribution >= 0.6 is 0 Å². The largest absolute Gasteiger partial charge is 0.445 e. The molecule has 2 rings (SSSR count). The molecular formula is C14H19NO4. The maximum Gasteiger partial charge on any atom is 0.410 e. The minimum Gasteiger partial charge on any atom is -0.445 e. The normalized spacial score (nSPS) is 22.5. The molecule has 0 bridgehead atoms. The summed E-state index contributed by atoms with van der Waals surface area (Å²) in [4.78, 5) is 13.5. The van der Waals surface area contributed by atoms with Crippen LogP contribution in [0.3, 0.4) is 0 Å². The molecule has 0 aliphatic carbocycles. The van der Waals surface area contributed by atoms with Gasteiger partial charge in [0.25, 0.3) is 0 Å². The van der Waals surface area contributed by atoms with E-state index in [-0.39, 0.29) is 25.4 Å². The predicted molar refractivity (Wildman–Crippen MR) is 69.6 cm³/mol. The van der Waals surface area contributed by atoms with Gasteiger partial charge in [-0.1, -0.05) is 30.3 Å². The lowest BCUT2D eigenvalue weighted by molar-refractivity contribution is 0.0734. The molecule has 2 atom stereocenters. The topological polar surface area (TPSA) is 59.0 Å². The Balaban J connectivity index is 1.89. The van der Waals surface area contributed by atoms with Crippen LogP contribution in [-0.4, -0.2) is 48.5 Å². The van der Waals surface area contributed by atoms with E-state index in [0.29, 0.717) is 13.0 Å². The van der Waals surface area contributed by atoms with Crippen molar-refractivity contribution in [2.45, 2.75) is 25.2 Å². The van der Waals surface area contributed by atoms with Crippen LogP contribution in [0.1, 0.15) is 12.0 Å². The number of ether oxygens (including phenoxy) is 2. The van der Waals surface area contributed by atoms with E-state index < -0.39 is 6.09 Å². The molecule has 1 heterocycles. The SMILES string of the molecule is COC1CC(CO)N(C(=O)OCc2ccccc2)C1. The van der Waals surface area contributed by atoms with E-state index >= 15 is 0 Å². The van der Waals surface area contributed by atoms with Crippen molar-refractivity contribution in [3.05, 3.63) is 35.9 Å². The van der Waals surface area contributed by atoms with Gasteiger partial charge >= 0.3 is 6.09 Å². The Morgan fingerprint density at radius 1 is 1.42 bits per heavy atom. The van der Waals surface area contributed by atoms with Crippen molar-refractivity contribution in [1.82, 2.24) is 4.90 Å². The van der Waals surface area contributed by atoms with Crippen molar-refractivity contribution >= 4 is 6.09 Å². The van der Waals surface area contributed by atoms with E-state index in [1.165, 1.54) is 4.90 Å². The first-order chi connectivity index (χ1) is 9.24. The van der Waals surface area contributed by atoms with Crippen LogP contribution < -0.4 is 0 Å². The second-order valence-corrected chi connectivity index (χ2v) is 4.62. The van der Waals surface area contributed by atoms with Crippen LogP contribution in [0.15, 0.2) is 30.3 Å². The molecule has 1 saturated heterocycles. The van der Waals surface area contributed by atoms with Gasteiger partial charge in [0.1, 0.15) is 6.61 Å². The van der Waals surface area contributed by atoms with Crippen molar-refractivity contribution in [2.75, 3.05) is 20.3 Å². The monoisotopic (exact) mass is 265 g/mol. The third kappa shape index (κ3) is 3.45. The fraction of sp³-hybridized carbons (Fsp3) is 0.500. The predicted octanol–water partition coefficient (Wildman–Crippen LogP) is 1.40. The van der Waals surface area contributed by atoms with Crippen molar-refractivity contribution in [1.29, 1.82) is 0 Å². The van der Waals surface area contributed by atoms with Gasteiger partial charge in [-0.15, -0.1) is 0 Å². The lowest BCUT2D eigenvalue weighted by Crippen LogP contribution is -2.38. The van der Waals surface area contributed by atoms with Crippen molar-refractivity contribution in [2.24, 2.45) is 0 Å². The average Bonchev–Trinajstić information content (AvgIpc) is 2.89. The number of likely N-dealkylation sites (tertiary alicyclic amines) is 1. The van der Waals surface area contributed by atoms with Gasteiger partial charge in [0.2, 0.25) is 0 Å². The first kappa shape index (κ1) is 13.8. The van der Waals surface area contributed by atoms with Gasteiger partial charge in [-0.05, 0) is 12.0 Å². The summed E-state index contributed by atoms with van der Waals surface area (Å²) in [6, 6.07) is 9.30. The second kappa shape index (κ2) is 6.54. The molecule has 1 aromatic carbocycles. The number of nitrogens with zero attached hydrogens (tertiary/aromatic N) is 1. The molecule has 19 heavy (non-hydrogen) atoms. The quantitative estimate of drug-likeness (QED) is 0.894. The van der Waals surface area contributed by atoms with Crippen LogP contribution in [0.25, 0.3) is 0 Å². The van der Waals surface area contributed by atoms with Gasteiger partial charge in [-0.25, -0.2) is 4.79 Å². The fourth-order valence-electron chi connectivity index (χ4n) is 2.24. The van der Waals surface area contributed by atoms with Gasteiger partial charge in [0.05, 0.1) is 25.3 Å². The molecule has 1 aromatic rings. The highest BCUT2D eigenvalue weighted by molar-refractivity contribution is 5.68. The number of methoxy groups -OCH3 is 1.